The molecule has 1 aliphatic rings. The predicted octanol–water partition coefficient (Wildman–Crippen LogP) is 4.74. The number of methoxy groups -OCH3 is 1. The molecule has 0 radical (unpaired) electrons. The summed E-state index contributed by atoms with van der Waals surface area (Å²) in [5, 5.41) is 3.95. The van der Waals surface area contributed by atoms with Gasteiger partial charge >= 0.3 is 0 Å². The maximum Gasteiger partial charge on any atom is 0.229 e. The van der Waals surface area contributed by atoms with Crippen LogP contribution < -0.4 is 10.1 Å². The molecule has 1 aliphatic carbocycles. The number of nitrogens with zero attached hydrogens (tertiary/aromatic N) is 3. The zero-order valence-corrected chi connectivity index (χ0v) is 17.4. The summed E-state index contributed by atoms with van der Waals surface area (Å²) in [6.07, 6.45) is 7.87. The number of anilines is 1. The summed E-state index contributed by atoms with van der Waals surface area (Å²) >= 11 is 0. The third-order valence-electron chi connectivity index (χ3n) is 6.01. The number of carbonyl (C=O) groups excluding carboxylic acids is 1. The van der Waals surface area contributed by atoms with E-state index in [1.807, 2.05) is 48.7 Å². The lowest BCUT2D eigenvalue weighted by molar-refractivity contribution is -0.115. The van der Waals surface area contributed by atoms with Gasteiger partial charge in [0.05, 0.1) is 25.4 Å². The number of hydrogen-bond donors (Lipinski definition) is 1. The molecule has 1 fully saturated rings. The number of nitrogens with one attached hydrogen (secondary N) is 1. The highest BCUT2D eigenvalue weighted by molar-refractivity contribution is 5.92. The van der Waals surface area contributed by atoms with E-state index in [0.29, 0.717) is 24.2 Å². The highest BCUT2D eigenvalue weighted by Crippen LogP contribution is 2.47. The van der Waals surface area contributed by atoms with Gasteiger partial charge in [0.1, 0.15) is 5.75 Å². The number of imidazole rings is 1. The lowest BCUT2D eigenvalue weighted by atomic mass is 9.75. The van der Waals surface area contributed by atoms with Gasteiger partial charge in [-0.3, -0.25) is 9.78 Å². The Morgan fingerprint density at radius 2 is 2.00 bits per heavy atom. The van der Waals surface area contributed by atoms with Crippen LogP contribution in [0.25, 0.3) is 10.9 Å². The van der Waals surface area contributed by atoms with Crippen molar-refractivity contribution in [3.63, 3.8) is 0 Å². The Balaban J connectivity index is 1.19. The third kappa shape index (κ3) is 4.01. The van der Waals surface area contributed by atoms with E-state index < -0.39 is 0 Å². The fourth-order valence-corrected chi connectivity index (χ4v) is 4.30. The van der Waals surface area contributed by atoms with Gasteiger partial charge < -0.3 is 14.6 Å². The minimum Gasteiger partial charge on any atom is -0.496 e. The Morgan fingerprint density at radius 1 is 1.13 bits per heavy atom. The molecule has 1 amide bonds. The molecule has 31 heavy (non-hydrogen) atoms. The highest BCUT2D eigenvalue weighted by atomic mass is 16.5. The van der Waals surface area contributed by atoms with Gasteiger partial charge in [0.15, 0.2) is 5.82 Å². The number of ether oxygens (including phenoxy) is 1. The van der Waals surface area contributed by atoms with E-state index in [0.717, 1.165) is 35.1 Å². The largest absolute Gasteiger partial charge is 0.496 e. The minimum atomic E-state index is -0.0750. The molecule has 4 aromatic rings. The third-order valence-corrected chi connectivity index (χ3v) is 6.01. The topological polar surface area (TPSA) is 69.0 Å². The smallest absolute Gasteiger partial charge is 0.229 e. The van der Waals surface area contributed by atoms with E-state index in [4.69, 9.17) is 4.74 Å². The van der Waals surface area contributed by atoms with Crippen LogP contribution in [0.2, 0.25) is 0 Å². The van der Waals surface area contributed by atoms with Crippen LogP contribution in [0.4, 0.5) is 5.82 Å². The summed E-state index contributed by atoms with van der Waals surface area (Å²) in [5.74, 6) is 1.96. The molecule has 0 spiro atoms. The summed E-state index contributed by atoms with van der Waals surface area (Å²) in [7, 11) is 1.72. The van der Waals surface area contributed by atoms with Gasteiger partial charge in [0, 0.05) is 23.8 Å². The number of benzene rings is 2. The molecule has 2 aromatic heterocycles. The van der Waals surface area contributed by atoms with Crippen molar-refractivity contribution in [1.82, 2.24) is 14.5 Å². The number of amides is 1. The second kappa shape index (κ2) is 8.22. The normalized spacial score (nSPS) is 17.8. The molecule has 1 saturated carbocycles. The van der Waals surface area contributed by atoms with E-state index in [1.165, 1.54) is 5.56 Å². The van der Waals surface area contributed by atoms with E-state index in [1.54, 1.807) is 19.6 Å². The Morgan fingerprint density at radius 3 is 2.87 bits per heavy atom. The Labute approximate surface area is 180 Å². The quantitative estimate of drug-likeness (QED) is 0.497. The van der Waals surface area contributed by atoms with E-state index in [2.05, 4.69) is 32.0 Å². The fraction of sp³-hybridized carbons (Fsp3) is 0.240. The van der Waals surface area contributed by atoms with Crippen molar-refractivity contribution < 1.29 is 9.53 Å². The molecule has 0 saturated heterocycles. The molecule has 0 aliphatic heterocycles. The minimum absolute atomic E-state index is 0.0750. The van der Waals surface area contributed by atoms with Crippen molar-refractivity contribution in [3.05, 3.63) is 84.4 Å². The van der Waals surface area contributed by atoms with Crippen molar-refractivity contribution in [3.8, 4) is 5.75 Å². The van der Waals surface area contributed by atoms with Gasteiger partial charge in [-0.05, 0) is 54.2 Å². The summed E-state index contributed by atoms with van der Waals surface area (Å²) in [4.78, 5) is 21.2. The number of rotatable bonds is 6. The SMILES string of the molecule is COc1ccccc1C1CC(n2cnc(NC(=O)Cc3ccc4ncccc4c3)c2)C1. The molecule has 0 bridgehead atoms. The summed E-state index contributed by atoms with van der Waals surface area (Å²) in [5.41, 5.74) is 3.15. The molecule has 5 rings (SSSR count). The standard InChI is InChI=1S/C25H24N4O2/c1-31-23-7-3-2-6-21(23)19-13-20(14-19)29-15-24(27-16-29)28-25(30)12-17-8-9-22-18(11-17)5-4-10-26-22/h2-11,15-16,19-20H,12-14H2,1H3,(H,28,30). The molecular weight excluding hydrogens is 388 g/mol. The van der Waals surface area contributed by atoms with Crippen molar-refractivity contribution in [2.24, 2.45) is 0 Å². The van der Waals surface area contributed by atoms with Crippen molar-refractivity contribution in [2.75, 3.05) is 12.4 Å². The number of para-hydroxylation sites is 1. The molecule has 2 heterocycles. The molecule has 2 aromatic carbocycles. The van der Waals surface area contributed by atoms with Crippen LogP contribution in [0.15, 0.2) is 73.3 Å². The van der Waals surface area contributed by atoms with Crippen LogP contribution in [0.3, 0.4) is 0 Å². The van der Waals surface area contributed by atoms with Gasteiger partial charge in [-0.25, -0.2) is 4.98 Å². The van der Waals surface area contributed by atoms with Crippen LogP contribution in [-0.2, 0) is 11.2 Å². The number of carbonyl (C=O) groups is 1. The second-order valence-electron chi connectivity index (χ2n) is 8.03. The van der Waals surface area contributed by atoms with Gasteiger partial charge in [-0.15, -0.1) is 0 Å². The van der Waals surface area contributed by atoms with Crippen molar-refractivity contribution in [2.45, 2.75) is 31.2 Å². The first-order chi connectivity index (χ1) is 15.2. The van der Waals surface area contributed by atoms with E-state index in [-0.39, 0.29) is 5.91 Å². The monoisotopic (exact) mass is 412 g/mol. The second-order valence-corrected chi connectivity index (χ2v) is 8.03. The molecule has 156 valence electrons. The highest BCUT2D eigenvalue weighted by Gasteiger charge is 2.33. The van der Waals surface area contributed by atoms with Crippen LogP contribution in [-0.4, -0.2) is 27.6 Å². The first kappa shape index (κ1) is 19.3. The summed E-state index contributed by atoms with van der Waals surface area (Å²) in [6, 6.07) is 18.4. The van der Waals surface area contributed by atoms with E-state index in [9.17, 15) is 4.79 Å². The van der Waals surface area contributed by atoms with Crippen LogP contribution in [0.1, 0.15) is 35.9 Å². The number of pyridine rings is 1. The summed E-state index contributed by atoms with van der Waals surface area (Å²) in [6.45, 7) is 0. The van der Waals surface area contributed by atoms with Gasteiger partial charge in [0.25, 0.3) is 0 Å². The van der Waals surface area contributed by atoms with Crippen molar-refractivity contribution in [1.29, 1.82) is 0 Å². The van der Waals surface area contributed by atoms with Gasteiger partial charge in [-0.2, -0.15) is 0 Å². The average molecular weight is 412 g/mol. The van der Waals surface area contributed by atoms with Gasteiger partial charge in [0.2, 0.25) is 5.91 Å². The predicted molar refractivity (Wildman–Crippen MR) is 120 cm³/mol. The van der Waals surface area contributed by atoms with Crippen LogP contribution in [0.5, 0.6) is 5.75 Å². The molecule has 0 unspecified atom stereocenters. The Kier molecular flexibility index (Phi) is 5.12. The van der Waals surface area contributed by atoms with Crippen molar-refractivity contribution >= 4 is 22.6 Å². The number of hydrogen-bond acceptors (Lipinski definition) is 4. The fourth-order valence-electron chi connectivity index (χ4n) is 4.30. The maximum absolute atomic E-state index is 12.5. The van der Waals surface area contributed by atoms with Crippen LogP contribution >= 0.6 is 0 Å². The molecule has 6 heteroatoms. The number of fused-ring (bicyclic) bond motifs is 1. The molecular formula is C25H24N4O2. The lowest BCUT2D eigenvalue weighted by Crippen LogP contribution is -2.24. The zero-order valence-electron chi connectivity index (χ0n) is 17.4. The number of aromatic nitrogens is 3. The molecule has 6 nitrogen and oxygen atoms in total. The first-order valence-corrected chi connectivity index (χ1v) is 10.5. The molecule has 1 N–H and O–H groups in total. The van der Waals surface area contributed by atoms with Crippen LogP contribution in [0, 0.1) is 0 Å². The average Bonchev–Trinajstić information content (AvgIpc) is 3.20. The zero-order chi connectivity index (χ0) is 21.2. The first-order valence-electron chi connectivity index (χ1n) is 10.5. The lowest BCUT2D eigenvalue weighted by Gasteiger charge is -2.37. The Bertz CT molecular complexity index is 1230. The molecule has 0 atom stereocenters. The van der Waals surface area contributed by atoms with E-state index >= 15 is 0 Å². The Hall–Kier alpha value is -3.67. The maximum atomic E-state index is 12.5. The summed E-state index contributed by atoms with van der Waals surface area (Å²) < 4.78 is 7.59. The van der Waals surface area contributed by atoms with Gasteiger partial charge in [-0.1, -0.05) is 30.3 Å².